The molecule has 13 heavy (non-hydrogen) atoms. The van der Waals surface area contributed by atoms with Gasteiger partial charge in [0, 0.05) is 26.2 Å². The van der Waals surface area contributed by atoms with E-state index < -0.39 is 0 Å². The number of hydrogen-bond acceptors (Lipinski definition) is 3. The first kappa shape index (κ1) is 11.0. The summed E-state index contributed by atoms with van der Waals surface area (Å²) in [5.41, 5.74) is 5.51. The van der Waals surface area contributed by atoms with Crippen molar-refractivity contribution in [3.05, 3.63) is 0 Å². The maximum absolute atomic E-state index is 5.51. The Kier molecular flexibility index (Phi) is 4.70. The van der Waals surface area contributed by atoms with Crippen molar-refractivity contribution in [3.8, 4) is 0 Å². The Morgan fingerprint density at radius 3 is 2.92 bits per heavy atom. The monoisotopic (exact) mass is 185 g/mol. The van der Waals surface area contributed by atoms with Crippen LogP contribution in [0.1, 0.15) is 12.8 Å². The third-order valence-electron chi connectivity index (χ3n) is 2.80. The van der Waals surface area contributed by atoms with Crippen LogP contribution in [-0.2, 0) is 0 Å². The molecule has 1 fully saturated rings. The van der Waals surface area contributed by atoms with Crippen LogP contribution in [0.25, 0.3) is 0 Å². The summed E-state index contributed by atoms with van der Waals surface area (Å²) in [6.07, 6.45) is 2.75. The quantitative estimate of drug-likeness (QED) is 0.680. The molecule has 1 rings (SSSR count). The Balaban J connectivity index is 2.19. The second-order valence-corrected chi connectivity index (χ2v) is 4.32. The molecule has 3 nitrogen and oxygen atoms in total. The zero-order chi connectivity index (χ0) is 9.68. The summed E-state index contributed by atoms with van der Waals surface area (Å²) in [5.74, 6) is 0.857. The highest BCUT2D eigenvalue weighted by Gasteiger charge is 2.17. The Hall–Kier alpha value is -0.120. The molecule has 1 saturated heterocycles. The Labute approximate surface area is 81.9 Å². The first-order valence-corrected chi connectivity index (χ1v) is 5.29. The van der Waals surface area contributed by atoms with Gasteiger partial charge in [-0.15, -0.1) is 0 Å². The zero-order valence-corrected chi connectivity index (χ0v) is 9.00. The van der Waals surface area contributed by atoms with E-state index in [0.717, 1.165) is 19.0 Å². The smallest absolute Gasteiger partial charge is 0.0102 e. The van der Waals surface area contributed by atoms with E-state index in [1.165, 1.54) is 32.5 Å². The summed E-state index contributed by atoms with van der Waals surface area (Å²) in [6.45, 7) is 5.55. The van der Waals surface area contributed by atoms with Gasteiger partial charge in [-0.25, -0.2) is 0 Å². The average molecular weight is 185 g/mol. The molecule has 3 heteroatoms. The van der Waals surface area contributed by atoms with Gasteiger partial charge in [0.25, 0.3) is 0 Å². The summed E-state index contributed by atoms with van der Waals surface area (Å²) in [7, 11) is 4.39. The number of piperidine rings is 1. The van der Waals surface area contributed by atoms with Crippen LogP contribution in [0.5, 0.6) is 0 Å². The maximum Gasteiger partial charge on any atom is 0.0102 e. The van der Waals surface area contributed by atoms with Gasteiger partial charge in [0.1, 0.15) is 0 Å². The maximum atomic E-state index is 5.51. The lowest BCUT2D eigenvalue weighted by atomic mass is 9.98. The van der Waals surface area contributed by atoms with E-state index >= 15 is 0 Å². The molecule has 0 unspecified atom stereocenters. The van der Waals surface area contributed by atoms with Crippen molar-refractivity contribution in [2.75, 3.05) is 46.8 Å². The molecule has 0 spiro atoms. The number of likely N-dealkylation sites (N-methyl/N-ethyl adjacent to an activating group) is 1. The number of nitrogens with two attached hydrogens (primary N) is 1. The van der Waals surface area contributed by atoms with E-state index in [0.29, 0.717) is 0 Å². The highest BCUT2D eigenvalue weighted by atomic mass is 15.1. The summed E-state index contributed by atoms with van der Waals surface area (Å²) < 4.78 is 0. The molecule has 1 atom stereocenters. The highest BCUT2D eigenvalue weighted by molar-refractivity contribution is 4.73. The van der Waals surface area contributed by atoms with Gasteiger partial charge in [-0.3, -0.25) is 0 Å². The van der Waals surface area contributed by atoms with Crippen molar-refractivity contribution in [3.63, 3.8) is 0 Å². The molecule has 0 saturated carbocycles. The third kappa shape index (κ3) is 4.07. The molecule has 1 aliphatic rings. The van der Waals surface area contributed by atoms with Gasteiger partial charge in [-0.05, 0) is 39.4 Å². The topological polar surface area (TPSA) is 32.5 Å². The highest BCUT2D eigenvalue weighted by Crippen LogP contribution is 2.15. The lowest BCUT2D eigenvalue weighted by Gasteiger charge is -2.32. The van der Waals surface area contributed by atoms with Crippen molar-refractivity contribution in [2.24, 2.45) is 11.7 Å². The van der Waals surface area contributed by atoms with Crippen molar-refractivity contribution >= 4 is 0 Å². The van der Waals surface area contributed by atoms with Crippen LogP contribution in [0.15, 0.2) is 0 Å². The minimum absolute atomic E-state index is 0.777. The molecular weight excluding hydrogens is 162 g/mol. The van der Waals surface area contributed by atoms with Gasteiger partial charge in [0.2, 0.25) is 0 Å². The molecule has 0 aromatic carbocycles. The Morgan fingerprint density at radius 1 is 1.54 bits per heavy atom. The standard InChI is InChI=1S/C10H23N3/c1-12-6-3-4-10(8-12)9-13(2)7-5-11/h10H,3-9,11H2,1-2H3/t10-/m1/s1. The normalized spacial score (nSPS) is 25.4. The molecular formula is C10H23N3. The van der Waals surface area contributed by atoms with Gasteiger partial charge in [0.05, 0.1) is 0 Å². The second kappa shape index (κ2) is 5.58. The van der Waals surface area contributed by atoms with Crippen molar-refractivity contribution < 1.29 is 0 Å². The molecule has 1 heterocycles. The van der Waals surface area contributed by atoms with Gasteiger partial charge >= 0.3 is 0 Å². The summed E-state index contributed by atoms with van der Waals surface area (Å²) in [4.78, 5) is 4.79. The van der Waals surface area contributed by atoms with E-state index in [2.05, 4.69) is 23.9 Å². The van der Waals surface area contributed by atoms with E-state index in [1.807, 2.05) is 0 Å². The number of hydrogen-bond donors (Lipinski definition) is 1. The molecule has 0 radical (unpaired) electrons. The fourth-order valence-electron chi connectivity index (χ4n) is 2.17. The van der Waals surface area contributed by atoms with Crippen LogP contribution >= 0.6 is 0 Å². The van der Waals surface area contributed by atoms with Crippen molar-refractivity contribution in [2.45, 2.75) is 12.8 Å². The Bertz CT molecular complexity index is 138. The first-order chi connectivity index (χ1) is 6.22. The first-order valence-electron chi connectivity index (χ1n) is 5.29. The zero-order valence-electron chi connectivity index (χ0n) is 9.00. The lowest BCUT2D eigenvalue weighted by molar-refractivity contribution is 0.168. The van der Waals surface area contributed by atoms with Crippen LogP contribution in [0, 0.1) is 5.92 Å². The number of nitrogens with zero attached hydrogens (tertiary/aromatic N) is 2. The molecule has 0 aromatic heterocycles. The van der Waals surface area contributed by atoms with Crippen molar-refractivity contribution in [1.82, 2.24) is 9.80 Å². The lowest BCUT2D eigenvalue weighted by Crippen LogP contribution is -2.39. The molecule has 0 bridgehead atoms. The van der Waals surface area contributed by atoms with E-state index in [-0.39, 0.29) is 0 Å². The largest absolute Gasteiger partial charge is 0.329 e. The van der Waals surface area contributed by atoms with Gasteiger partial charge in [-0.1, -0.05) is 0 Å². The molecule has 0 amide bonds. The van der Waals surface area contributed by atoms with Gasteiger partial charge in [0.15, 0.2) is 0 Å². The second-order valence-electron chi connectivity index (χ2n) is 4.32. The van der Waals surface area contributed by atoms with Gasteiger partial charge in [-0.2, -0.15) is 0 Å². The van der Waals surface area contributed by atoms with Crippen LogP contribution in [0.3, 0.4) is 0 Å². The van der Waals surface area contributed by atoms with E-state index in [4.69, 9.17) is 5.73 Å². The van der Waals surface area contributed by atoms with Crippen LogP contribution < -0.4 is 5.73 Å². The van der Waals surface area contributed by atoms with Crippen LogP contribution in [0.4, 0.5) is 0 Å². The van der Waals surface area contributed by atoms with Crippen LogP contribution in [0.2, 0.25) is 0 Å². The van der Waals surface area contributed by atoms with Gasteiger partial charge < -0.3 is 15.5 Å². The molecule has 2 N–H and O–H groups in total. The molecule has 0 aliphatic carbocycles. The molecule has 1 aliphatic heterocycles. The minimum atomic E-state index is 0.777. The number of rotatable bonds is 4. The average Bonchev–Trinajstić information content (AvgIpc) is 2.04. The predicted molar refractivity (Wildman–Crippen MR) is 56.8 cm³/mol. The SMILES string of the molecule is CN(CCN)C[C@@H]1CCCN(C)C1. The Morgan fingerprint density at radius 2 is 2.31 bits per heavy atom. The minimum Gasteiger partial charge on any atom is -0.329 e. The van der Waals surface area contributed by atoms with Crippen molar-refractivity contribution in [1.29, 1.82) is 0 Å². The summed E-state index contributed by atoms with van der Waals surface area (Å²) >= 11 is 0. The molecule has 0 aromatic rings. The molecule has 78 valence electrons. The van der Waals surface area contributed by atoms with E-state index in [9.17, 15) is 0 Å². The van der Waals surface area contributed by atoms with Crippen LogP contribution in [-0.4, -0.2) is 56.6 Å². The third-order valence-corrected chi connectivity index (χ3v) is 2.80. The predicted octanol–water partition coefficient (Wildman–Crippen LogP) is 0.219. The summed E-state index contributed by atoms with van der Waals surface area (Å²) in [6, 6.07) is 0. The fourth-order valence-corrected chi connectivity index (χ4v) is 2.17. The number of likely N-dealkylation sites (tertiary alicyclic amines) is 1. The van der Waals surface area contributed by atoms with E-state index in [1.54, 1.807) is 0 Å². The fraction of sp³-hybridized carbons (Fsp3) is 1.00. The summed E-state index contributed by atoms with van der Waals surface area (Å²) in [5, 5.41) is 0.